The number of rotatable bonds is 5. The predicted molar refractivity (Wildman–Crippen MR) is 75.1 cm³/mol. The number of amides is 2. The highest BCUT2D eigenvalue weighted by atomic mass is 16.2. The summed E-state index contributed by atoms with van der Waals surface area (Å²) in [4.78, 5) is 25.7. The molecule has 0 radical (unpaired) electrons. The standard InChI is InChI=1S/C14H18N4O2/c1-17(2)14(20)10-18(3)9-13(19)16-12-7-5-4-6-11(12)8-15/h4-7H,9-10H2,1-3H3,(H,16,19)/p+1. The van der Waals surface area contributed by atoms with E-state index in [9.17, 15) is 9.59 Å². The number of nitrogens with zero attached hydrogens (tertiary/aromatic N) is 2. The summed E-state index contributed by atoms with van der Waals surface area (Å²) in [6, 6.07) is 8.83. The molecule has 1 aromatic rings. The van der Waals surface area contributed by atoms with Crippen LogP contribution in [0.3, 0.4) is 0 Å². The van der Waals surface area contributed by atoms with E-state index in [1.807, 2.05) is 6.07 Å². The summed E-state index contributed by atoms with van der Waals surface area (Å²) in [6.45, 7) is 0.416. The molecule has 106 valence electrons. The van der Waals surface area contributed by atoms with Crippen molar-refractivity contribution >= 4 is 17.5 Å². The monoisotopic (exact) mass is 275 g/mol. The van der Waals surface area contributed by atoms with E-state index in [1.165, 1.54) is 4.90 Å². The molecule has 1 rings (SSSR count). The molecule has 0 saturated carbocycles. The fraction of sp³-hybridized carbons (Fsp3) is 0.357. The van der Waals surface area contributed by atoms with Crippen LogP contribution in [0.2, 0.25) is 0 Å². The summed E-state index contributed by atoms with van der Waals surface area (Å²) in [5, 5.41) is 11.6. The molecule has 0 bridgehead atoms. The van der Waals surface area contributed by atoms with Crippen LogP contribution in [0.5, 0.6) is 0 Å². The first kappa shape index (κ1) is 15.7. The van der Waals surface area contributed by atoms with Crippen LogP contribution in [0.1, 0.15) is 5.56 Å². The van der Waals surface area contributed by atoms with E-state index in [1.54, 1.807) is 45.4 Å². The number of carbonyl (C=O) groups excluding carboxylic acids is 2. The molecule has 6 heteroatoms. The average molecular weight is 275 g/mol. The molecule has 0 aliphatic heterocycles. The van der Waals surface area contributed by atoms with Crippen molar-refractivity contribution in [3.8, 4) is 6.07 Å². The molecule has 0 saturated heterocycles. The van der Waals surface area contributed by atoms with Gasteiger partial charge >= 0.3 is 0 Å². The second-order valence-corrected chi connectivity index (χ2v) is 4.80. The molecule has 20 heavy (non-hydrogen) atoms. The van der Waals surface area contributed by atoms with Gasteiger partial charge in [0, 0.05) is 14.1 Å². The van der Waals surface area contributed by atoms with Crippen LogP contribution in [0, 0.1) is 11.3 Å². The van der Waals surface area contributed by atoms with E-state index in [2.05, 4.69) is 5.32 Å². The number of hydrogen-bond acceptors (Lipinski definition) is 3. The highest BCUT2D eigenvalue weighted by Crippen LogP contribution is 2.12. The molecular formula is C14H19N4O2+. The lowest BCUT2D eigenvalue weighted by molar-refractivity contribution is -0.862. The Bertz CT molecular complexity index is 534. The van der Waals surface area contributed by atoms with Gasteiger partial charge in [0.2, 0.25) is 0 Å². The normalized spacial score (nSPS) is 11.3. The molecule has 2 N–H and O–H groups in total. The molecule has 0 spiro atoms. The van der Waals surface area contributed by atoms with Crippen molar-refractivity contribution in [3.63, 3.8) is 0 Å². The lowest BCUT2D eigenvalue weighted by atomic mass is 10.2. The van der Waals surface area contributed by atoms with E-state index in [0.717, 1.165) is 4.90 Å². The van der Waals surface area contributed by atoms with E-state index < -0.39 is 0 Å². The van der Waals surface area contributed by atoms with Crippen molar-refractivity contribution in [1.29, 1.82) is 5.26 Å². The molecule has 1 unspecified atom stereocenters. The van der Waals surface area contributed by atoms with Gasteiger partial charge in [-0.25, -0.2) is 0 Å². The largest absolute Gasteiger partial charge is 0.344 e. The molecular weight excluding hydrogens is 256 g/mol. The molecule has 6 nitrogen and oxygen atoms in total. The van der Waals surface area contributed by atoms with Gasteiger partial charge in [0.1, 0.15) is 6.07 Å². The van der Waals surface area contributed by atoms with Crippen LogP contribution in [0.25, 0.3) is 0 Å². The molecule has 0 heterocycles. The van der Waals surface area contributed by atoms with Gasteiger partial charge in [-0.3, -0.25) is 9.59 Å². The highest BCUT2D eigenvalue weighted by Gasteiger charge is 2.16. The third-order valence-electron chi connectivity index (χ3n) is 2.74. The first-order valence-electron chi connectivity index (χ1n) is 6.24. The zero-order chi connectivity index (χ0) is 15.1. The Hall–Kier alpha value is -2.39. The summed E-state index contributed by atoms with van der Waals surface area (Å²) >= 11 is 0. The van der Waals surface area contributed by atoms with Gasteiger partial charge in [0.15, 0.2) is 13.1 Å². The fourth-order valence-corrected chi connectivity index (χ4v) is 1.64. The number of nitriles is 1. The van der Waals surface area contributed by atoms with Crippen LogP contribution in [0.4, 0.5) is 5.69 Å². The van der Waals surface area contributed by atoms with Crippen molar-refractivity contribution in [2.75, 3.05) is 39.5 Å². The number of hydrogen-bond donors (Lipinski definition) is 2. The molecule has 0 aliphatic carbocycles. The smallest absolute Gasteiger partial charge is 0.279 e. The number of anilines is 1. The number of carbonyl (C=O) groups is 2. The first-order valence-corrected chi connectivity index (χ1v) is 6.24. The van der Waals surface area contributed by atoms with Crippen molar-refractivity contribution < 1.29 is 14.5 Å². The van der Waals surface area contributed by atoms with Crippen molar-refractivity contribution in [3.05, 3.63) is 29.8 Å². The number of para-hydroxylation sites is 1. The van der Waals surface area contributed by atoms with Gasteiger partial charge in [-0.1, -0.05) is 12.1 Å². The minimum atomic E-state index is -0.225. The van der Waals surface area contributed by atoms with E-state index in [-0.39, 0.29) is 24.9 Å². The SMILES string of the molecule is CN(C)C(=O)C[NH+](C)CC(=O)Nc1ccccc1C#N. The molecule has 0 aromatic heterocycles. The van der Waals surface area contributed by atoms with E-state index in [4.69, 9.17) is 5.26 Å². The van der Waals surface area contributed by atoms with Crippen molar-refractivity contribution in [2.24, 2.45) is 0 Å². The zero-order valence-corrected chi connectivity index (χ0v) is 11.9. The maximum atomic E-state index is 11.9. The molecule has 0 aliphatic rings. The Kier molecular flexibility index (Phi) is 5.69. The molecule has 1 atom stereocenters. The Morgan fingerprint density at radius 3 is 2.55 bits per heavy atom. The van der Waals surface area contributed by atoms with Crippen LogP contribution in [-0.4, -0.2) is 50.9 Å². The molecule has 0 fully saturated rings. The maximum absolute atomic E-state index is 11.9. The van der Waals surface area contributed by atoms with E-state index >= 15 is 0 Å². The van der Waals surface area contributed by atoms with Crippen LogP contribution < -0.4 is 10.2 Å². The third kappa shape index (κ3) is 4.71. The Morgan fingerprint density at radius 1 is 1.30 bits per heavy atom. The van der Waals surface area contributed by atoms with E-state index in [0.29, 0.717) is 11.3 Å². The minimum Gasteiger partial charge on any atom is -0.344 e. The number of likely N-dealkylation sites (N-methyl/N-ethyl adjacent to an activating group) is 2. The Labute approximate surface area is 118 Å². The Morgan fingerprint density at radius 2 is 1.95 bits per heavy atom. The second kappa shape index (κ2) is 7.26. The third-order valence-corrected chi connectivity index (χ3v) is 2.74. The average Bonchev–Trinajstić information content (AvgIpc) is 2.38. The maximum Gasteiger partial charge on any atom is 0.279 e. The van der Waals surface area contributed by atoms with Gasteiger partial charge in [-0.05, 0) is 12.1 Å². The van der Waals surface area contributed by atoms with Gasteiger partial charge in [-0.2, -0.15) is 5.26 Å². The van der Waals surface area contributed by atoms with Gasteiger partial charge in [0.25, 0.3) is 11.8 Å². The summed E-state index contributed by atoms with van der Waals surface area (Å²) in [6.07, 6.45) is 0. The molecule has 1 aromatic carbocycles. The first-order chi connectivity index (χ1) is 9.43. The quantitative estimate of drug-likeness (QED) is 0.731. The lowest BCUT2D eigenvalue weighted by Gasteiger charge is -2.16. The number of quaternary nitrogens is 1. The lowest BCUT2D eigenvalue weighted by Crippen LogP contribution is -3.11. The van der Waals surface area contributed by atoms with Crippen molar-refractivity contribution in [1.82, 2.24) is 4.90 Å². The van der Waals surface area contributed by atoms with Gasteiger partial charge in [0.05, 0.1) is 18.3 Å². The summed E-state index contributed by atoms with van der Waals surface area (Å²) in [7, 11) is 5.13. The van der Waals surface area contributed by atoms with Crippen molar-refractivity contribution in [2.45, 2.75) is 0 Å². The van der Waals surface area contributed by atoms with Gasteiger partial charge < -0.3 is 15.1 Å². The summed E-state index contributed by atoms with van der Waals surface area (Å²) in [5.74, 6) is -0.260. The minimum absolute atomic E-state index is 0.0345. The van der Waals surface area contributed by atoms with Crippen LogP contribution in [0.15, 0.2) is 24.3 Å². The predicted octanol–water partition coefficient (Wildman–Crippen LogP) is -0.900. The summed E-state index contributed by atoms with van der Waals surface area (Å²) in [5.41, 5.74) is 0.912. The van der Waals surface area contributed by atoms with Crippen LogP contribution in [-0.2, 0) is 9.59 Å². The summed E-state index contributed by atoms with van der Waals surface area (Å²) < 4.78 is 0. The van der Waals surface area contributed by atoms with Gasteiger partial charge in [-0.15, -0.1) is 0 Å². The highest BCUT2D eigenvalue weighted by molar-refractivity contribution is 5.92. The number of nitrogens with one attached hydrogen (secondary N) is 2. The van der Waals surface area contributed by atoms with Crippen LogP contribution >= 0.6 is 0 Å². The number of benzene rings is 1. The zero-order valence-electron chi connectivity index (χ0n) is 11.9. The topological polar surface area (TPSA) is 77.6 Å². The molecule has 2 amide bonds. The Balaban J connectivity index is 2.56. The fourth-order valence-electron chi connectivity index (χ4n) is 1.64. The second-order valence-electron chi connectivity index (χ2n) is 4.80.